The van der Waals surface area contributed by atoms with Gasteiger partial charge in [0.2, 0.25) is 0 Å². The molecule has 2 amide bonds. The molecular weight excluding hydrogens is 806 g/mol. The van der Waals surface area contributed by atoms with Gasteiger partial charge in [-0.15, -0.1) is 5.10 Å². The summed E-state index contributed by atoms with van der Waals surface area (Å²) in [7, 11) is -0.753. The fraction of sp³-hybridized carbons (Fsp3) is 0.292. The molecule has 1 unspecified atom stereocenters. The first kappa shape index (κ1) is 40.6. The van der Waals surface area contributed by atoms with Crippen LogP contribution < -0.4 is 24.5 Å². The summed E-state index contributed by atoms with van der Waals surface area (Å²) in [5.41, 5.74) is 4.21. The van der Waals surface area contributed by atoms with Gasteiger partial charge in [0.05, 0.1) is 57.4 Å². The van der Waals surface area contributed by atoms with Crippen LogP contribution in [0.5, 0.6) is 11.5 Å². The zero-order valence-corrected chi connectivity index (χ0v) is 36.3. The molecule has 61 heavy (non-hydrogen) atoms. The van der Waals surface area contributed by atoms with E-state index in [2.05, 4.69) is 42.5 Å². The Morgan fingerprint density at radius 2 is 1.67 bits per heavy atom. The second-order valence-corrected chi connectivity index (χ2v) is 21.8. The van der Waals surface area contributed by atoms with E-state index in [9.17, 15) is 9.90 Å². The number of benzene rings is 5. The van der Waals surface area contributed by atoms with Crippen molar-refractivity contribution < 1.29 is 28.9 Å². The van der Waals surface area contributed by atoms with Crippen molar-refractivity contribution in [2.24, 2.45) is 5.92 Å². The fourth-order valence-corrected chi connectivity index (χ4v) is 14.2. The van der Waals surface area contributed by atoms with Crippen LogP contribution in [0.15, 0.2) is 128 Å². The smallest absolute Gasteiger partial charge is 0.269 e. The Morgan fingerprint density at radius 3 is 2.41 bits per heavy atom. The highest BCUT2D eigenvalue weighted by Gasteiger charge is 2.66. The molecule has 0 saturated carbocycles. The lowest BCUT2D eigenvalue weighted by Gasteiger charge is -2.37. The van der Waals surface area contributed by atoms with Crippen LogP contribution in [0.3, 0.4) is 0 Å². The first-order chi connectivity index (χ1) is 29.5. The number of methoxy groups -OCH3 is 1. The molecular formula is C48H48ClN5O6Si. The Labute approximate surface area is 361 Å². The zero-order valence-electron chi connectivity index (χ0n) is 34.6. The Hall–Kier alpha value is -5.79. The average molecular weight is 854 g/mol. The number of ether oxygens (including phenoxy) is 3. The molecule has 0 bridgehead atoms. The summed E-state index contributed by atoms with van der Waals surface area (Å²) in [6.45, 7) is 7.55. The highest BCUT2D eigenvalue weighted by atomic mass is 35.5. The molecule has 1 spiro atoms. The van der Waals surface area contributed by atoms with Crippen LogP contribution in [0.25, 0.3) is 0 Å². The van der Waals surface area contributed by atoms with Gasteiger partial charge in [-0.25, -0.2) is 0 Å². The summed E-state index contributed by atoms with van der Waals surface area (Å²) >= 11 is 6.77. The van der Waals surface area contributed by atoms with Gasteiger partial charge in [0, 0.05) is 34.9 Å². The third-order valence-electron chi connectivity index (χ3n) is 13.0. The number of fused-ring (bicyclic) bond motifs is 3. The van der Waals surface area contributed by atoms with Crippen LogP contribution in [-0.4, -0.2) is 66.4 Å². The largest absolute Gasteiger partial charge is 0.497 e. The number of rotatable bonds is 12. The SMILES string of the molecule is COc1ccc([Si](C)(C)[C@H]2[C@H](CCn3cc(C(CO)c4ccccc4)nn3)O[C@@]3(C(=O)N(Cc4ccc(N5C(=O)COc6ccccc65)cc4)c4ccc(Cl)cc43)[C@@H]2C)cc1. The number of amides is 2. The lowest BCUT2D eigenvalue weighted by molar-refractivity contribution is -0.146. The molecule has 1 saturated heterocycles. The molecule has 1 N–H and O–H groups in total. The highest BCUT2D eigenvalue weighted by molar-refractivity contribution is 6.91. The van der Waals surface area contributed by atoms with Gasteiger partial charge in [0.1, 0.15) is 11.5 Å². The average Bonchev–Trinajstić information content (AvgIpc) is 3.94. The van der Waals surface area contributed by atoms with Crippen molar-refractivity contribution in [1.82, 2.24) is 15.0 Å². The fourth-order valence-electron chi connectivity index (χ4n) is 9.93. The van der Waals surface area contributed by atoms with E-state index in [1.807, 2.05) is 125 Å². The van der Waals surface area contributed by atoms with Gasteiger partial charge < -0.3 is 24.2 Å². The lowest BCUT2D eigenvalue weighted by Crippen LogP contribution is -2.51. The van der Waals surface area contributed by atoms with Crippen molar-refractivity contribution in [3.05, 3.63) is 155 Å². The number of aliphatic hydroxyl groups is 1. The van der Waals surface area contributed by atoms with E-state index in [0.717, 1.165) is 33.8 Å². The third-order valence-corrected chi connectivity index (χ3v) is 17.6. The number of aromatic nitrogens is 3. The van der Waals surface area contributed by atoms with Crippen molar-refractivity contribution in [2.45, 2.75) is 62.7 Å². The molecule has 6 aromatic rings. The second kappa shape index (κ2) is 16.2. The maximum atomic E-state index is 15.4. The van der Waals surface area contributed by atoms with Crippen LogP contribution in [0.1, 0.15) is 41.6 Å². The van der Waals surface area contributed by atoms with E-state index in [1.54, 1.807) is 12.0 Å². The van der Waals surface area contributed by atoms with Crippen LogP contribution in [0, 0.1) is 5.92 Å². The van der Waals surface area contributed by atoms with Crippen molar-refractivity contribution >= 4 is 53.7 Å². The van der Waals surface area contributed by atoms with E-state index in [0.29, 0.717) is 41.7 Å². The molecule has 0 radical (unpaired) electrons. The topological polar surface area (TPSA) is 119 Å². The second-order valence-electron chi connectivity index (χ2n) is 16.7. The van der Waals surface area contributed by atoms with Gasteiger partial charge in [0.25, 0.3) is 11.8 Å². The van der Waals surface area contributed by atoms with Crippen molar-refractivity contribution in [1.29, 1.82) is 0 Å². The Morgan fingerprint density at radius 1 is 0.934 bits per heavy atom. The number of carbonyl (C=O) groups is 2. The zero-order chi connectivity index (χ0) is 42.5. The minimum absolute atomic E-state index is 0.00217. The van der Waals surface area contributed by atoms with Crippen molar-refractivity contribution in [2.75, 3.05) is 30.1 Å². The summed E-state index contributed by atoms with van der Waals surface area (Å²) in [4.78, 5) is 32.0. The molecule has 4 heterocycles. The monoisotopic (exact) mass is 853 g/mol. The molecule has 3 aliphatic heterocycles. The number of halogens is 1. The molecule has 1 fully saturated rings. The maximum Gasteiger partial charge on any atom is 0.269 e. The molecule has 0 aliphatic carbocycles. The van der Waals surface area contributed by atoms with Crippen LogP contribution in [0.2, 0.25) is 23.7 Å². The first-order valence-corrected chi connectivity index (χ1v) is 24.1. The summed E-state index contributed by atoms with van der Waals surface area (Å²) in [5, 5.41) is 21.1. The number of anilines is 3. The van der Waals surface area contributed by atoms with Crippen molar-refractivity contribution in [3.8, 4) is 11.5 Å². The summed E-state index contributed by atoms with van der Waals surface area (Å²) in [5.74, 6) is 0.636. The number of para-hydroxylation sites is 2. The van der Waals surface area contributed by atoms with E-state index >= 15 is 4.79 Å². The Balaban J connectivity index is 1.04. The first-order valence-electron chi connectivity index (χ1n) is 20.7. The van der Waals surface area contributed by atoms with Crippen LogP contribution in [-0.2, 0) is 33.0 Å². The van der Waals surface area contributed by atoms with E-state index in [1.165, 1.54) is 5.19 Å². The molecule has 9 rings (SSSR count). The molecule has 5 atom stereocenters. The minimum Gasteiger partial charge on any atom is -0.497 e. The predicted octanol–water partition coefficient (Wildman–Crippen LogP) is 7.97. The third kappa shape index (κ3) is 7.10. The van der Waals surface area contributed by atoms with Gasteiger partial charge in [-0.2, -0.15) is 0 Å². The van der Waals surface area contributed by atoms with Crippen LogP contribution >= 0.6 is 11.6 Å². The van der Waals surface area contributed by atoms with Crippen molar-refractivity contribution in [3.63, 3.8) is 0 Å². The van der Waals surface area contributed by atoms with Crippen LogP contribution in [0.4, 0.5) is 17.1 Å². The predicted molar refractivity (Wildman–Crippen MR) is 238 cm³/mol. The Bertz CT molecular complexity index is 2570. The summed E-state index contributed by atoms with van der Waals surface area (Å²) in [6.07, 6.45) is 2.16. The number of hydrogen-bond acceptors (Lipinski definition) is 8. The van der Waals surface area contributed by atoms with E-state index in [4.69, 9.17) is 25.8 Å². The molecule has 312 valence electrons. The van der Waals surface area contributed by atoms with Gasteiger partial charge >= 0.3 is 0 Å². The highest BCUT2D eigenvalue weighted by Crippen LogP contribution is 2.60. The minimum atomic E-state index is -2.42. The summed E-state index contributed by atoms with van der Waals surface area (Å²) in [6, 6.07) is 39.0. The molecule has 13 heteroatoms. The Kier molecular flexibility index (Phi) is 10.8. The number of aliphatic hydroxyl groups excluding tert-OH is 1. The van der Waals surface area contributed by atoms with Gasteiger partial charge in [0.15, 0.2) is 12.2 Å². The van der Waals surface area contributed by atoms with Gasteiger partial charge in [-0.3, -0.25) is 19.2 Å². The molecule has 3 aliphatic rings. The number of aryl methyl sites for hydroxylation is 1. The van der Waals surface area contributed by atoms with Gasteiger partial charge in [-0.05, 0) is 77.7 Å². The molecule has 11 nitrogen and oxygen atoms in total. The standard InChI is InChI=1S/C48H48ClN5O6Si/c1-31-46(61(3,4)37-21-19-36(58-2)20-22-37)44(24-25-52-28-40(50-51-52)38(29-55)33-10-6-5-7-11-33)60-48(31)39-26-34(49)16-23-41(39)53(47(48)57)27-32-14-17-35(18-15-32)54-42-12-8-9-13-43(42)59-30-45(54)56/h5-23,26,28,31,38,44,46,55H,24-25,27,29-30H2,1-4H3/t31-,38?,44+,46-,48+/m1/s1. The van der Waals surface area contributed by atoms with Gasteiger partial charge in [-0.1, -0.05) is 109 Å². The quantitative estimate of drug-likeness (QED) is 0.123. The number of carbonyl (C=O) groups excluding carboxylic acids is 2. The lowest BCUT2D eigenvalue weighted by atomic mass is 9.82. The maximum absolute atomic E-state index is 15.4. The molecule has 5 aromatic carbocycles. The number of hydrogen-bond donors (Lipinski definition) is 1. The normalized spacial score (nSPS) is 21.4. The number of nitrogens with zero attached hydrogens (tertiary/aromatic N) is 5. The molecule has 1 aromatic heterocycles. The summed E-state index contributed by atoms with van der Waals surface area (Å²) < 4.78 is 20.4. The van der Waals surface area contributed by atoms with E-state index < -0.39 is 13.7 Å². The van der Waals surface area contributed by atoms with E-state index in [-0.39, 0.29) is 48.5 Å².